The van der Waals surface area contributed by atoms with Crippen LogP contribution >= 0.6 is 0 Å². The summed E-state index contributed by atoms with van der Waals surface area (Å²) in [5.74, 6) is -0.878. The highest BCUT2D eigenvalue weighted by molar-refractivity contribution is 5.96. The van der Waals surface area contributed by atoms with Crippen LogP contribution in [0.4, 0.5) is 5.69 Å². The number of aliphatic carboxylic acids is 1. The molecule has 0 saturated heterocycles. The van der Waals surface area contributed by atoms with E-state index in [2.05, 4.69) is 19.2 Å². The lowest BCUT2D eigenvalue weighted by atomic mass is 10.1. The Morgan fingerprint density at radius 3 is 2.56 bits per heavy atom. The molecular formula is C14H17NO3. The van der Waals surface area contributed by atoms with Gasteiger partial charge >= 0.3 is 5.97 Å². The molecule has 0 heterocycles. The quantitative estimate of drug-likeness (QED) is 0.858. The Morgan fingerprint density at radius 2 is 2.00 bits per heavy atom. The summed E-state index contributed by atoms with van der Waals surface area (Å²) in [6.07, 6.45) is 0.810. The third-order valence-corrected chi connectivity index (χ3v) is 3.45. The molecule has 1 amide bonds. The van der Waals surface area contributed by atoms with E-state index >= 15 is 0 Å². The Bertz CT molecular complexity index is 494. The number of rotatable bonds is 4. The van der Waals surface area contributed by atoms with Gasteiger partial charge in [0.05, 0.1) is 6.42 Å². The topological polar surface area (TPSA) is 66.4 Å². The molecule has 1 unspecified atom stereocenters. The van der Waals surface area contributed by atoms with Crippen molar-refractivity contribution in [2.24, 2.45) is 11.3 Å². The van der Waals surface area contributed by atoms with Crippen molar-refractivity contribution in [2.75, 3.05) is 5.32 Å². The molecule has 4 heteroatoms. The van der Waals surface area contributed by atoms with E-state index in [0.717, 1.165) is 6.42 Å². The van der Waals surface area contributed by atoms with Gasteiger partial charge in [0.25, 0.3) is 0 Å². The summed E-state index contributed by atoms with van der Waals surface area (Å²) < 4.78 is 0. The molecule has 1 aromatic rings. The molecule has 1 aliphatic carbocycles. The summed E-state index contributed by atoms with van der Waals surface area (Å²) in [4.78, 5) is 22.7. The minimum absolute atomic E-state index is 0.0159. The number of carboxylic acids is 1. The fourth-order valence-electron chi connectivity index (χ4n) is 2.09. The van der Waals surface area contributed by atoms with E-state index in [9.17, 15) is 9.59 Å². The van der Waals surface area contributed by atoms with Gasteiger partial charge in [0.15, 0.2) is 0 Å². The maximum atomic E-state index is 12.0. The van der Waals surface area contributed by atoms with Gasteiger partial charge in [-0.1, -0.05) is 32.0 Å². The van der Waals surface area contributed by atoms with Crippen LogP contribution in [0.25, 0.3) is 0 Å². The number of carbonyl (C=O) groups excluding carboxylic acids is 1. The van der Waals surface area contributed by atoms with Crippen molar-refractivity contribution in [2.45, 2.75) is 26.7 Å². The predicted octanol–water partition coefficient (Wildman–Crippen LogP) is 2.30. The van der Waals surface area contributed by atoms with E-state index in [0.29, 0.717) is 11.3 Å². The summed E-state index contributed by atoms with van der Waals surface area (Å²) in [5, 5.41) is 11.6. The van der Waals surface area contributed by atoms with Crippen LogP contribution in [0.3, 0.4) is 0 Å². The largest absolute Gasteiger partial charge is 0.481 e. The lowest BCUT2D eigenvalue weighted by molar-refractivity contribution is -0.136. The monoisotopic (exact) mass is 247 g/mol. The Labute approximate surface area is 106 Å². The van der Waals surface area contributed by atoms with E-state index in [1.165, 1.54) is 0 Å². The number of carbonyl (C=O) groups is 2. The van der Waals surface area contributed by atoms with Gasteiger partial charge in [-0.3, -0.25) is 9.59 Å². The van der Waals surface area contributed by atoms with Gasteiger partial charge < -0.3 is 10.4 Å². The Kier molecular flexibility index (Phi) is 3.11. The average molecular weight is 247 g/mol. The second-order valence-electron chi connectivity index (χ2n) is 5.46. The van der Waals surface area contributed by atoms with Crippen LogP contribution in [0.15, 0.2) is 24.3 Å². The normalized spacial score (nSPS) is 20.2. The van der Waals surface area contributed by atoms with Gasteiger partial charge in [-0.05, 0) is 23.5 Å². The molecule has 0 radical (unpaired) electrons. The molecule has 1 fully saturated rings. The molecule has 1 aliphatic rings. The predicted molar refractivity (Wildman–Crippen MR) is 68.3 cm³/mol. The van der Waals surface area contributed by atoms with Crippen LogP contribution < -0.4 is 5.32 Å². The zero-order valence-corrected chi connectivity index (χ0v) is 10.6. The first-order valence-electron chi connectivity index (χ1n) is 6.01. The third kappa shape index (κ3) is 2.70. The zero-order chi connectivity index (χ0) is 13.3. The van der Waals surface area contributed by atoms with Crippen molar-refractivity contribution in [1.29, 1.82) is 0 Å². The molecule has 0 aliphatic heterocycles. The van der Waals surface area contributed by atoms with Gasteiger partial charge in [-0.25, -0.2) is 0 Å². The lowest BCUT2D eigenvalue weighted by Gasteiger charge is -2.10. The fourth-order valence-corrected chi connectivity index (χ4v) is 2.09. The first-order valence-corrected chi connectivity index (χ1v) is 6.01. The number of nitrogens with one attached hydrogen (secondary N) is 1. The summed E-state index contributed by atoms with van der Waals surface area (Å²) in [7, 11) is 0. The number of para-hydroxylation sites is 1. The average Bonchev–Trinajstić information content (AvgIpc) is 2.90. The van der Waals surface area contributed by atoms with Crippen molar-refractivity contribution < 1.29 is 14.7 Å². The third-order valence-electron chi connectivity index (χ3n) is 3.45. The molecule has 1 aromatic carbocycles. The highest BCUT2D eigenvalue weighted by Crippen LogP contribution is 2.52. The molecule has 0 bridgehead atoms. The Morgan fingerprint density at radius 1 is 1.39 bits per heavy atom. The second kappa shape index (κ2) is 4.44. The van der Waals surface area contributed by atoms with Gasteiger partial charge in [0.2, 0.25) is 5.91 Å². The van der Waals surface area contributed by atoms with Crippen LogP contribution in [0, 0.1) is 11.3 Å². The number of hydrogen-bond donors (Lipinski definition) is 2. The SMILES string of the molecule is CC1(C)CC1C(=O)Nc1ccccc1CC(=O)O. The van der Waals surface area contributed by atoms with Crippen LogP contribution in [0.2, 0.25) is 0 Å². The summed E-state index contributed by atoms with van der Waals surface area (Å²) in [6, 6.07) is 7.03. The van der Waals surface area contributed by atoms with Crippen LogP contribution in [-0.4, -0.2) is 17.0 Å². The Hall–Kier alpha value is -1.84. The molecule has 2 N–H and O–H groups in total. The minimum atomic E-state index is -0.900. The smallest absolute Gasteiger partial charge is 0.307 e. The van der Waals surface area contributed by atoms with Crippen LogP contribution in [-0.2, 0) is 16.0 Å². The first-order chi connectivity index (χ1) is 8.40. The van der Waals surface area contributed by atoms with E-state index in [-0.39, 0.29) is 23.7 Å². The first kappa shape index (κ1) is 12.6. The van der Waals surface area contributed by atoms with Gasteiger partial charge in [0, 0.05) is 11.6 Å². The maximum absolute atomic E-state index is 12.0. The molecule has 1 saturated carbocycles. The fraction of sp³-hybridized carbons (Fsp3) is 0.429. The van der Waals surface area contributed by atoms with Crippen molar-refractivity contribution in [1.82, 2.24) is 0 Å². The highest BCUT2D eigenvalue weighted by Gasteiger charge is 2.50. The van der Waals surface area contributed by atoms with Crippen LogP contribution in [0.5, 0.6) is 0 Å². The van der Waals surface area contributed by atoms with E-state index in [1.54, 1.807) is 24.3 Å². The van der Waals surface area contributed by atoms with Gasteiger partial charge in [-0.15, -0.1) is 0 Å². The number of benzene rings is 1. The zero-order valence-electron chi connectivity index (χ0n) is 10.6. The van der Waals surface area contributed by atoms with E-state index < -0.39 is 5.97 Å². The molecular weight excluding hydrogens is 230 g/mol. The number of hydrogen-bond acceptors (Lipinski definition) is 2. The summed E-state index contributed by atoms with van der Waals surface area (Å²) in [5.41, 5.74) is 1.32. The van der Waals surface area contributed by atoms with Crippen LogP contribution in [0.1, 0.15) is 25.8 Å². The van der Waals surface area contributed by atoms with E-state index in [4.69, 9.17) is 5.11 Å². The van der Waals surface area contributed by atoms with Gasteiger partial charge in [-0.2, -0.15) is 0 Å². The van der Waals surface area contributed by atoms with Crippen molar-refractivity contribution in [3.05, 3.63) is 29.8 Å². The summed E-state index contributed by atoms with van der Waals surface area (Å²) >= 11 is 0. The van der Waals surface area contributed by atoms with Crippen molar-refractivity contribution in [3.8, 4) is 0 Å². The summed E-state index contributed by atoms with van der Waals surface area (Å²) in [6.45, 7) is 4.11. The molecule has 96 valence electrons. The standard InChI is InChI=1S/C14H17NO3/c1-14(2)8-10(14)13(18)15-11-6-4-3-5-9(11)7-12(16)17/h3-6,10H,7-8H2,1-2H3,(H,15,18)(H,16,17). The molecule has 18 heavy (non-hydrogen) atoms. The Balaban J connectivity index is 2.09. The highest BCUT2D eigenvalue weighted by atomic mass is 16.4. The molecule has 4 nitrogen and oxygen atoms in total. The van der Waals surface area contributed by atoms with E-state index in [1.807, 2.05) is 0 Å². The molecule has 2 rings (SSSR count). The number of amides is 1. The molecule has 0 spiro atoms. The second-order valence-corrected chi connectivity index (χ2v) is 5.46. The van der Waals surface area contributed by atoms with Crippen molar-refractivity contribution >= 4 is 17.6 Å². The lowest BCUT2D eigenvalue weighted by Crippen LogP contribution is -2.18. The van der Waals surface area contributed by atoms with Crippen molar-refractivity contribution in [3.63, 3.8) is 0 Å². The minimum Gasteiger partial charge on any atom is -0.481 e. The molecule has 0 aromatic heterocycles. The maximum Gasteiger partial charge on any atom is 0.307 e. The van der Waals surface area contributed by atoms with Gasteiger partial charge in [0.1, 0.15) is 0 Å². The number of anilines is 1. The molecule has 1 atom stereocenters. The number of carboxylic acid groups (broad SMARTS) is 1.